The summed E-state index contributed by atoms with van der Waals surface area (Å²) in [6.07, 6.45) is 1.19. The van der Waals surface area contributed by atoms with Crippen molar-refractivity contribution in [2.24, 2.45) is 5.92 Å². The molecule has 0 N–H and O–H groups in total. The van der Waals surface area contributed by atoms with Gasteiger partial charge in [0.15, 0.2) is 0 Å². The SMILES string of the molecule is C=C1C(=C)C1CC. The summed E-state index contributed by atoms with van der Waals surface area (Å²) in [4.78, 5) is 0. The maximum atomic E-state index is 3.80. The molecule has 0 spiro atoms. The van der Waals surface area contributed by atoms with Gasteiger partial charge in [-0.15, -0.1) is 0 Å². The molecular formula is C7H10. The molecule has 1 aliphatic rings. The van der Waals surface area contributed by atoms with Crippen molar-refractivity contribution < 1.29 is 0 Å². The maximum Gasteiger partial charge on any atom is 0.00804 e. The van der Waals surface area contributed by atoms with Gasteiger partial charge in [-0.2, -0.15) is 0 Å². The minimum Gasteiger partial charge on any atom is -0.0949 e. The summed E-state index contributed by atoms with van der Waals surface area (Å²) in [6, 6.07) is 0. The molecular weight excluding hydrogens is 84.1 g/mol. The highest BCUT2D eigenvalue weighted by Gasteiger charge is 2.30. The molecule has 38 valence electrons. The largest absolute Gasteiger partial charge is 0.0949 e. The average Bonchev–Trinajstić information content (AvgIpc) is 2.17. The number of hydrogen-bond acceptors (Lipinski definition) is 0. The fraction of sp³-hybridized carbons (Fsp3) is 0.429. The van der Waals surface area contributed by atoms with Gasteiger partial charge in [-0.3, -0.25) is 0 Å². The van der Waals surface area contributed by atoms with Crippen molar-refractivity contribution in [1.82, 2.24) is 0 Å². The lowest BCUT2D eigenvalue weighted by molar-refractivity contribution is 0.872. The van der Waals surface area contributed by atoms with Crippen LogP contribution in [0, 0.1) is 5.92 Å². The molecule has 7 heavy (non-hydrogen) atoms. The second kappa shape index (κ2) is 1.22. The zero-order chi connectivity index (χ0) is 5.44. The van der Waals surface area contributed by atoms with Crippen molar-refractivity contribution in [2.75, 3.05) is 0 Å². The highest BCUT2D eigenvalue weighted by Crippen LogP contribution is 2.43. The Hall–Kier alpha value is -0.520. The van der Waals surface area contributed by atoms with Gasteiger partial charge in [0.25, 0.3) is 0 Å². The predicted octanol–water partition coefficient (Wildman–Crippen LogP) is 2.14. The van der Waals surface area contributed by atoms with Gasteiger partial charge in [-0.1, -0.05) is 20.1 Å². The van der Waals surface area contributed by atoms with Crippen LogP contribution in [-0.2, 0) is 0 Å². The molecule has 0 aromatic heterocycles. The summed E-state index contributed by atoms with van der Waals surface area (Å²) in [5.74, 6) is 0.681. The van der Waals surface area contributed by atoms with Crippen molar-refractivity contribution in [3.8, 4) is 0 Å². The van der Waals surface area contributed by atoms with Crippen molar-refractivity contribution in [2.45, 2.75) is 13.3 Å². The lowest BCUT2D eigenvalue weighted by atomic mass is 10.3. The van der Waals surface area contributed by atoms with Gasteiger partial charge in [0.2, 0.25) is 0 Å². The molecule has 1 fully saturated rings. The summed E-state index contributed by atoms with van der Waals surface area (Å²) < 4.78 is 0. The molecule has 1 aliphatic carbocycles. The average molecular weight is 94.2 g/mol. The minimum atomic E-state index is 0.681. The van der Waals surface area contributed by atoms with Crippen LogP contribution in [0.25, 0.3) is 0 Å². The van der Waals surface area contributed by atoms with Crippen LogP contribution in [-0.4, -0.2) is 0 Å². The molecule has 1 saturated carbocycles. The van der Waals surface area contributed by atoms with E-state index in [1.54, 1.807) is 0 Å². The molecule has 0 aliphatic heterocycles. The second-order valence-electron chi connectivity index (χ2n) is 2.01. The number of allylic oxidation sites excluding steroid dienone is 2. The monoisotopic (exact) mass is 94.1 g/mol. The van der Waals surface area contributed by atoms with Gasteiger partial charge in [-0.25, -0.2) is 0 Å². The first kappa shape index (κ1) is 4.63. The van der Waals surface area contributed by atoms with Crippen LogP contribution < -0.4 is 0 Å². The summed E-state index contributed by atoms with van der Waals surface area (Å²) in [5.41, 5.74) is 2.53. The van der Waals surface area contributed by atoms with Crippen molar-refractivity contribution in [3.63, 3.8) is 0 Å². The van der Waals surface area contributed by atoms with Gasteiger partial charge >= 0.3 is 0 Å². The molecule has 0 heteroatoms. The van der Waals surface area contributed by atoms with E-state index in [1.165, 1.54) is 17.6 Å². The Labute approximate surface area is 44.5 Å². The van der Waals surface area contributed by atoms with E-state index in [4.69, 9.17) is 0 Å². The van der Waals surface area contributed by atoms with Gasteiger partial charge in [-0.05, 0) is 17.6 Å². The third-order valence-electron chi connectivity index (χ3n) is 1.58. The quantitative estimate of drug-likeness (QED) is 0.467. The Morgan fingerprint density at radius 2 is 1.86 bits per heavy atom. The van der Waals surface area contributed by atoms with Crippen LogP contribution in [0.3, 0.4) is 0 Å². The molecule has 1 rings (SSSR count). The molecule has 0 aromatic carbocycles. The van der Waals surface area contributed by atoms with Gasteiger partial charge in [0.1, 0.15) is 0 Å². The normalized spacial score (nSPS) is 20.7. The van der Waals surface area contributed by atoms with Crippen LogP contribution >= 0.6 is 0 Å². The van der Waals surface area contributed by atoms with E-state index in [-0.39, 0.29) is 0 Å². The third-order valence-corrected chi connectivity index (χ3v) is 1.58. The first-order valence-corrected chi connectivity index (χ1v) is 2.65. The summed E-state index contributed by atoms with van der Waals surface area (Å²) in [5, 5.41) is 0. The van der Waals surface area contributed by atoms with Gasteiger partial charge < -0.3 is 0 Å². The zero-order valence-electron chi connectivity index (χ0n) is 4.70. The van der Waals surface area contributed by atoms with E-state index in [2.05, 4.69) is 20.1 Å². The van der Waals surface area contributed by atoms with E-state index < -0.39 is 0 Å². The minimum absolute atomic E-state index is 0.681. The summed E-state index contributed by atoms with van der Waals surface area (Å²) in [6.45, 7) is 9.76. The number of rotatable bonds is 1. The topological polar surface area (TPSA) is 0 Å². The molecule has 0 saturated heterocycles. The van der Waals surface area contributed by atoms with Gasteiger partial charge in [0.05, 0.1) is 0 Å². The van der Waals surface area contributed by atoms with Crippen molar-refractivity contribution in [3.05, 3.63) is 24.3 Å². The smallest absolute Gasteiger partial charge is 0.00804 e. The molecule has 0 amide bonds. The Bertz CT molecular complexity index is 106. The van der Waals surface area contributed by atoms with Crippen LogP contribution in [0.1, 0.15) is 13.3 Å². The molecule has 0 aromatic rings. The van der Waals surface area contributed by atoms with Crippen LogP contribution in [0.4, 0.5) is 0 Å². The fourth-order valence-corrected chi connectivity index (χ4v) is 0.870. The molecule has 0 atom stereocenters. The lowest BCUT2D eigenvalue weighted by Gasteiger charge is -1.74. The highest BCUT2D eigenvalue weighted by atomic mass is 14.3. The second-order valence-corrected chi connectivity index (χ2v) is 2.01. The lowest BCUT2D eigenvalue weighted by Crippen LogP contribution is -1.63. The maximum absolute atomic E-state index is 3.80. The Kier molecular flexibility index (Phi) is 0.810. The highest BCUT2D eigenvalue weighted by molar-refractivity contribution is 5.51. The van der Waals surface area contributed by atoms with Crippen LogP contribution in [0.15, 0.2) is 24.3 Å². The Morgan fingerprint density at radius 1 is 1.43 bits per heavy atom. The molecule has 0 unspecified atom stereocenters. The van der Waals surface area contributed by atoms with E-state index in [0.29, 0.717) is 5.92 Å². The number of hydrogen-bond donors (Lipinski definition) is 0. The summed E-state index contributed by atoms with van der Waals surface area (Å²) >= 11 is 0. The fourth-order valence-electron chi connectivity index (χ4n) is 0.870. The van der Waals surface area contributed by atoms with E-state index in [9.17, 15) is 0 Å². The predicted molar refractivity (Wildman–Crippen MR) is 32.1 cm³/mol. The van der Waals surface area contributed by atoms with Crippen LogP contribution in [0.5, 0.6) is 0 Å². The first-order valence-electron chi connectivity index (χ1n) is 2.65. The summed E-state index contributed by atoms with van der Waals surface area (Å²) in [7, 11) is 0. The zero-order valence-corrected chi connectivity index (χ0v) is 4.70. The van der Waals surface area contributed by atoms with E-state index >= 15 is 0 Å². The standard InChI is InChI=1S/C7H10/c1-4-7-5(2)6(7)3/h7H,2-4H2,1H3. The van der Waals surface area contributed by atoms with Crippen molar-refractivity contribution >= 4 is 0 Å². The van der Waals surface area contributed by atoms with E-state index in [1.807, 2.05) is 0 Å². The Balaban J connectivity index is 2.54. The molecule has 0 bridgehead atoms. The first-order chi connectivity index (χ1) is 3.27. The van der Waals surface area contributed by atoms with Gasteiger partial charge in [0, 0.05) is 5.92 Å². The molecule has 0 nitrogen and oxygen atoms in total. The third kappa shape index (κ3) is 0.504. The van der Waals surface area contributed by atoms with Crippen LogP contribution in [0.2, 0.25) is 0 Å². The van der Waals surface area contributed by atoms with E-state index in [0.717, 1.165) is 0 Å². The Morgan fingerprint density at radius 3 is 1.86 bits per heavy atom. The molecule has 0 radical (unpaired) electrons. The van der Waals surface area contributed by atoms with Crippen molar-refractivity contribution in [1.29, 1.82) is 0 Å². The molecule has 0 heterocycles.